The first-order chi connectivity index (χ1) is 7.92. The number of hydrogen-bond donors (Lipinski definition) is 1. The number of carbonyl (C=O) groups is 1. The molecule has 1 rings (SSSR count). The molecule has 3 nitrogen and oxygen atoms in total. The zero-order chi connectivity index (χ0) is 12.9. The van der Waals surface area contributed by atoms with Crippen LogP contribution in [0.3, 0.4) is 0 Å². The molecule has 1 aromatic carbocycles. The molecule has 0 saturated heterocycles. The number of amides is 1. The van der Waals surface area contributed by atoms with E-state index in [9.17, 15) is 4.79 Å². The highest BCUT2D eigenvalue weighted by Crippen LogP contribution is 2.11. The van der Waals surface area contributed by atoms with Gasteiger partial charge in [-0.2, -0.15) is 0 Å². The maximum absolute atomic E-state index is 11.5. The molecule has 0 aromatic heterocycles. The molecule has 0 heterocycles. The minimum absolute atomic E-state index is 0.254. The molecule has 0 aliphatic rings. The van der Waals surface area contributed by atoms with E-state index in [2.05, 4.69) is 11.9 Å². The summed E-state index contributed by atoms with van der Waals surface area (Å²) in [4.78, 5) is 11.5. The van der Waals surface area contributed by atoms with E-state index in [4.69, 9.17) is 4.74 Å². The summed E-state index contributed by atoms with van der Waals surface area (Å²) in [5.41, 5.74) is 1.65. The Hall–Kier alpha value is -1.77. The van der Waals surface area contributed by atoms with Crippen molar-refractivity contribution >= 4 is 12.2 Å². The van der Waals surface area contributed by atoms with Crippen molar-refractivity contribution in [2.75, 3.05) is 0 Å². The predicted octanol–water partition coefficient (Wildman–Crippen LogP) is 3.35. The van der Waals surface area contributed by atoms with Gasteiger partial charge in [-0.1, -0.05) is 36.9 Å². The molecule has 1 aromatic rings. The number of rotatable bonds is 3. The summed E-state index contributed by atoms with van der Waals surface area (Å²) in [5.74, 6) is 0. The van der Waals surface area contributed by atoms with E-state index in [0.717, 1.165) is 11.1 Å². The number of hydrogen-bond acceptors (Lipinski definition) is 2. The van der Waals surface area contributed by atoms with Crippen molar-refractivity contribution in [3.8, 4) is 0 Å². The Morgan fingerprint density at radius 3 is 2.65 bits per heavy atom. The summed E-state index contributed by atoms with van der Waals surface area (Å²) in [6, 6.07) is 7.69. The molecular formula is C14H19NO2. The van der Waals surface area contributed by atoms with Crippen LogP contribution in [-0.2, 0) is 11.3 Å². The third-order valence-corrected chi connectivity index (χ3v) is 2.11. The van der Waals surface area contributed by atoms with Gasteiger partial charge in [0.25, 0.3) is 0 Å². The van der Waals surface area contributed by atoms with Crippen molar-refractivity contribution in [1.82, 2.24) is 5.32 Å². The van der Waals surface area contributed by atoms with Gasteiger partial charge in [0.2, 0.25) is 0 Å². The van der Waals surface area contributed by atoms with E-state index in [-0.39, 0.29) is 12.1 Å². The Bertz CT molecular complexity index is 405. The summed E-state index contributed by atoms with van der Waals surface area (Å²) >= 11 is 0. The highest BCUT2D eigenvalue weighted by atomic mass is 16.5. The number of alkyl carbamates (subject to hydrolysis) is 1. The zero-order valence-corrected chi connectivity index (χ0v) is 10.6. The van der Waals surface area contributed by atoms with Crippen LogP contribution >= 0.6 is 0 Å². The number of nitrogens with one attached hydrogen (secondary N) is 1. The monoisotopic (exact) mass is 233 g/mol. The second-order valence-electron chi connectivity index (χ2n) is 4.85. The Labute approximate surface area is 102 Å². The van der Waals surface area contributed by atoms with Crippen LogP contribution in [0.1, 0.15) is 31.9 Å². The first kappa shape index (κ1) is 13.3. The van der Waals surface area contributed by atoms with Crippen molar-refractivity contribution < 1.29 is 9.53 Å². The van der Waals surface area contributed by atoms with Gasteiger partial charge in [0.15, 0.2) is 0 Å². The fraction of sp³-hybridized carbons (Fsp3) is 0.357. The van der Waals surface area contributed by atoms with Crippen LogP contribution in [0.5, 0.6) is 0 Å². The molecule has 0 saturated carbocycles. The summed E-state index contributed by atoms with van der Waals surface area (Å²) in [5, 5.41) is 2.74. The van der Waals surface area contributed by atoms with Crippen LogP contribution in [0.2, 0.25) is 0 Å². The molecular weight excluding hydrogens is 214 g/mol. The van der Waals surface area contributed by atoms with Crippen LogP contribution < -0.4 is 5.32 Å². The lowest BCUT2D eigenvalue weighted by Gasteiger charge is -2.20. The van der Waals surface area contributed by atoms with E-state index >= 15 is 0 Å². The van der Waals surface area contributed by atoms with Crippen molar-refractivity contribution in [2.24, 2.45) is 0 Å². The highest BCUT2D eigenvalue weighted by Gasteiger charge is 2.14. The van der Waals surface area contributed by atoms with Crippen LogP contribution in [0.25, 0.3) is 6.08 Å². The largest absolute Gasteiger partial charge is 0.445 e. The van der Waals surface area contributed by atoms with E-state index in [1.54, 1.807) is 6.08 Å². The minimum atomic E-state index is -0.406. The second-order valence-corrected chi connectivity index (χ2v) is 4.85. The average molecular weight is 233 g/mol. The standard InChI is InChI=1S/C14H19NO2/c1-5-11-8-6-7-9-12(11)10-17-13(16)15-14(2,3)4/h5-9H,1,10H2,2-4H3,(H,15,16). The lowest BCUT2D eigenvalue weighted by molar-refractivity contribution is 0.131. The number of benzene rings is 1. The topological polar surface area (TPSA) is 38.3 Å². The summed E-state index contributed by atoms with van der Waals surface area (Å²) in [7, 11) is 0. The Morgan fingerprint density at radius 1 is 1.41 bits per heavy atom. The van der Waals surface area contributed by atoms with Crippen molar-refractivity contribution in [3.05, 3.63) is 42.0 Å². The summed E-state index contributed by atoms with van der Waals surface area (Å²) in [6.07, 6.45) is 1.34. The van der Waals surface area contributed by atoms with Gasteiger partial charge >= 0.3 is 6.09 Å². The molecule has 1 amide bonds. The van der Waals surface area contributed by atoms with Gasteiger partial charge in [0.1, 0.15) is 6.61 Å². The molecule has 0 radical (unpaired) electrons. The van der Waals surface area contributed by atoms with Gasteiger partial charge in [0.05, 0.1) is 0 Å². The van der Waals surface area contributed by atoms with Crippen LogP contribution in [0.15, 0.2) is 30.8 Å². The third-order valence-electron chi connectivity index (χ3n) is 2.11. The summed E-state index contributed by atoms with van der Waals surface area (Å²) in [6.45, 7) is 9.70. The SMILES string of the molecule is C=Cc1ccccc1COC(=O)NC(C)(C)C. The number of ether oxygens (including phenoxy) is 1. The molecule has 1 N–H and O–H groups in total. The first-order valence-electron chi connectivity index (χ1n) is 5.57. The Morgan fingerprint density at radius 2 is 2.06 bits per heavy atom. The molecule has 3 heteroatoms. The zero-order valence-electron chi connectivity index (χ0n) is 10.6. The van der Waals surface area contributed by atoms with Crippen molar-refractivity contribution in [3.63, 3.8) is 0 Å². The molecule has 0 aliphatic heterocycles. The van der Waals surface area contributed by atoms with Crippen LogP contribution in [0, 0.1) is 0 Å². The van der Waals surface area contributed by atoms with Gasteiger partial charge in [-0.05, 0) is 31.9 Å². The van der Waals surface area contributed by atoms with Crippen molar-refractivity contribution in [2.45, 2.75) is 32.9 Å². The molecule has 0 aliphatic carbocycles. The lowest BCUT2D eigenvalue weighted by Crippen LogP contribution is -2.40. The second kappa shape index (κ2) is 5.53. The summed E-state index contributed by atoms with van der Waals surface area (Å²) < 4.78 is 5.15. The molecule has 0 unspecified atom stereocenters. The highest BCUT2D eigenvalue weighted by molar-refractivity contribution is 5.68. The first-order valence-corrected chi connectivity index (χ1v) is 5.57. The normalized spacial score (nSPS) is 10.8. The smallest absolute Gasteiger partial charge is 0.407 e. The Kier molecular flexibility index (Phi) is 4.32. The van der Waals surface area contributed by atoms with E-state index in [1.807, 2.05) is 45.0 Å². The van der Waals surface area contributed by atoms with Gasteiger partial charge < -0.3 is 10.1 Å². The maximum Gasteiger partial charge on any atom is 0.407 e. The fourth-order valence-electron chi connectivity index (χ4n) is 1.35. The van der Waals surface area contributed by atoms with Gasteiger partial charge in [-0.3, -0.25) is 0 Å². The van der Waals surface area contributed by atoms with Crippen LogP contribution in [0.4, 0.5) is 4.79 Å². The van der Waals surface area contributed by atoms with Gasteiger partial charge in [-0.15, -0.1) is 0 Å². The van der Waals surface area contributed by atoms with Gasteiger partial charge in [0, 0.05) is 5.54 Å². The molecule has 0 fully saturated rings. The maximum atomic E-state index is 11.5. The molecule has 92 valence electrons. The molecule has 0 atom stereocenters. The number of carbonyl (C=O) groups excluding carboxylic acids is 1. The average Bonchev–Trinajstić information content (AvgIpc) is 2.24. The fourth-order valence-corrected chi connectivity index (χ4v) is 1.35. The lowest BCUT2D eigenvalue weighted by atomic mass is 10.1. The van der Waals surface area contributed by atoms with E-state index < -0.39 is 6.09 Å². The molecule has 17 heavy (non-hydrogen) atoms. The Balaban J connectivity index is 2.56. The predicted molar refractivity (Wildman–Crippen MR) is 69.6 cm³/mol. The van der Waals surface area contributed by atoms with Gasteiger partial charge in [-0.25, -0.2) is 4.79 Å². The quantitative estimate of drug-likeness (QED) is 0.869. The van der Waals surface area contributed by atoms with E-state index in [1.165, 1.54) is 0 Å². The molecule has 0 bridgehead atoms. The van der Waals surface area contributed by atoms with E-state index in [0.29, 0.717) is 0 Å². The van der Waals surface area contributed by atoms with Crippen molar-refractivity contribution in [1.29, 1.82) is 0 Å². The molecule has 0 spiro atoms. The third kappa shape index (κ3) is 4.72. The minimum Gasteiger partial charge on any atom is -0.445 e. The van der Waals surface area contributed by atoms with Crippen LogP contribution in [-0.4, -0.2) is 11.6 Å².